The molecule has 1 unspecified atom stereocenters. The van der Waals surface area contributed by atoms with E-state index in [2.05, 4.69) is 11.0 Å². The molecule has 1 aliphatic rings. The summed E-state index contributed by atoms with van der Waals surface area (Å²) in [5.41, 5.74) is 0. The van der Waals surface area contributed by atoms with Crippen LogP contribution < -0.4 is 0 Å². The SMILES string of the molecule is CC(C#N)CN(Cc1ccco1)C1CC1. The molecule has 15 heavy (non-hydrogen) atoms. The lowest BCUT2D eigenvalue weighted by Gasteiger charge is -2.21. The minimum Gasteiger partial charge on any atom is -0.468 e. The molecule has 1 aromatic heterocycles. The Kier molecular flexibility index (Phi) is 3.08. The first-order valence-corrected chi connectivity index (χ1v) is 5.45. The molecule has 3 nitrogen and oxygen atoms in total. The minimum atomic E-state index is 0.0977. The molecule has 0 radical (unpaired) electrons. The summed E-state index contributed by atoms with van der Waals surface area (Å²) in [7, 11) is 0. The third-order valence-electron chi connectivity index (χ3n) is 2.73. The van der Waals surface area contributed by atoms with Crippen LogP contribution in [0.5, 0.6) is 0 Å². The lowest BCUT2D eigenvalue weighted by Crippen LogP contribution is -2.29. The van der Waals surface area contributed by atoms with E-state index in [1.165, 1.54) is 12.8 Å². The van der Waals surface area contributed by atoms with Crippen molar-refractivity contribution in [3.05, 3.63) is 24.2 Å². The fourth-order valence-corrected chi connectivity index (χ4v) is 1.78. The van der Waals surface area contributed by atoms with E-state index in [4.69, 9.17) is 9.68 Å². The highest BCUT2D eigenvalue weighted by molar-refractivity contribution is 5.00. The van der Waals surface area contributed by atoms with Gasteiger partial charge in [-0.05, 0) is 31.9 Å². The third-order valence-corrected chi connectivity index (χ3v) is 2.73. The summed E-state index contributed by atoms with van der Waals surface area (Å²) in [4.78, 5) is 2.35. The van der Waals surface area contributed by atoms with E-state index >= 15 is 0 Å². The van der Waals surface area contributed by atoms with Gasteiger partial charge >= 0.3 is 0 Å². The zero-order valence-corrected chi connectivity index (χ0v) is 9.02. The molecule has 0 N–H and O–H groups in total. The van der Waals surface area contributed by atoms with Crippen molar-refractivity contribution in [2.75, 3.05) is 6.54 Å². The highest BCUT2D eigenvalue weighted by atomic mass is 16.3. The molecule has 1 heterocycles. The number of furan rings is 1. The Balaban J connectivity index is 1.92. The second-order valence-electron chi connectivity index (χ2n) is 4.27. The molecule has 2 rings (SSSR count). The van der Waals surface area contributed by atoms with Gasteiger partial charge in [-0.1, -0.05) is 0 Å². The molecule has 0 saturated heterocycles. The van der Waals surface area contributed by atoms with Crippen LogP contribution >= 0.6 is 0 Å². The lowest BCUT2D eigenvalue weighted by atomic mass is 10.2. The van der Waals surface area contributed by atoms with Crippen LogP contribution in [0.4, 0.5) is 0 Å². The number of hydrogen-bond acceptors (Lipinski definition) is 3. The predicted octanol–water partition coefficient (Wildman–Crippen LogP) is 2.40. The monoisotopic (exact) mass is 204 g/mol. The number of hydrogen-bond donors (Lipinski definition) is 0. The lowest BCUT2D eigenvalue weighted by molar-refractivity contribution is 0.218. The summed E-state index contributed by atoms with van der Waals surface area (Å²) in [6.45, 7) is 3.66. The maximum Gasteiger partial charge on any atom is 0.117 e. The predicted molar refractivity (Wildman–Crippen MR) is 56.9 cm³/mol. The van der Waals surface area contributed by atoms with Crippen molar-refractivity contribution >= 4 is 0 Å². The Morgan fingerprint density at radius 1 is 1.67 bits per heavy atom. The summed E-state index contributed by atoms with van der Waals surface area (Å²) in [6.07, 6.45) is 4.23. The number of nitriles is 1. The van der Waals surface area contributed by atoms with Crippen LogP contribution in [0, 0.1) is 17.2 Å². The van der Waals surface area contributed by atoms with Crippen LogP contribution in [-0.2, 0) is 6.54 Å². The highest BCUT2D eigenvalue weighted by Crippen LogP contribution is 2.29. The van der Waals surface area contributed by atoms with Gasteiger partial charge < -0.3 is 4.42 Å². The molecule has 1 atom stereocenters. The van der Waals surface area contributed by atoms with Gasteiger partial charge in [-0.15, -0.1) is 0 Å². The quantitative estimate of drug-likeness (QED) is 0.739. The Morgan fingerprint density at radius 2 is 2.47 bits per heavy atom. The molecule has 3 heteroatoms. The molecule has 0 aliphatic heterocycles. The van der Waals surface area contributed by atoms with Gasteiger partial charge in [0, 0.05) is 12.6 Å². The smallest absolute Gasteiger partial charge is 0.117 e. The van der Waals surface area contributed by atoms with Crippen molar-refractivity contribution in [1.29, 1.82) is 5.26 Å². The second kappa shape index (κ2) is 4.50. The van der Waals surface area contributed by atoms with Gasteiger partial charge in [0.1, 0.15) is 5.76 Å². The first-order valence-electron chi connectivity index (χ1n) is 5.45. The van der Waals surface area contributed by atoms with Gasteiger partial charge in [-0.2, -0.15) is 5.26 Å². The molecule has 1 aliphatic carbocycles. The van der Waals surface area contributed by atoms with Crippen molar-refractivity contribution in [3.8, 4) is 6.07 Å². The van der Waals surface area contributed by atoms with E-state index in [0.717, 1.165) is 18.8 Å². The molecule has 1 aromatic rings. The van der Waals surface area contributed by atoms with Crippen LogP contribution in [0.15, 0.2) is 22.8 Å². The summed E-state index contributed by atoms with van der Waals surface area (Å²) >= 11 is 0. The number of nitrogens with zero attached hydrogens (tertiary/aromatic N) is 2. The summed E-state index contributed by atoms with van der Waals surface area (Å²) < 4.78 is 5.33. The Hall–Kier alpha value is -1.27. The van der Waals surface area contributed by atoms with Gasteiger partial charge in [-0.3, -0.25) is 4.90 Å². The highest BCUT2D eigenvalue weighted by Gasteiger charge is 2.30. The topological polar surface area (TPSA) is 40.2 Å². The van der Waals surface area contributed by atoms with Crippen LogP contribution in [-0.4, -0.2) is 17.5 Å². The normalized spacial score (nSPS) is 17.7. The summed E-state index contributed by atoms with van der Waals surface area (Å²) in [5.74, 6) is 1.09. The van der Waals surface area contributed by atoms with E-state index < -0.39 is 0 Å². The van der Waals surface area contributed by atoms with Crippen molar-refractivity contribution in [1.82, 2.24) is 4.90 Å². The van der Waals surface area contributed by atoms with Crippen molar-refractivity contribution in [2.24, 2.45) is 5.92 Å². The molecule has 0 spiro atoms. The van der Waals surface area contributed by atoms with E-state index in [1.54, 1.807) is 6.26 Å². The first-order chi connectivity index (χ1) is 7.29. The molecule has 0 bridgehead atoms. The molecule has 0 aromatic carbocycles. The van der Waals surface area contributed by atoms with Gasteiger partial charge in [0.25, 0.3) is 0 Å². The molecule has 0 amide bonds. The zero-order valence-electron chi connectivity index (χ0n) is 9.02. The summed E-state index contributed by atoms with van der Waals surface area (Å²) in [5, 5.41) is 8.81. The van der Waals surface area contributed by atoms with E-state index in [0.29, 0.717) is 6.04 Å². The maximum absolute atomic E-state index is 8.81. The van der Waals surface area contributed by atoms with Crippen LogP contribution in [0.2, 0.25) is 0 Å². The van der Waals surface area contributed by atoms with E-state index in [9.17, 15) is 0 Å². The fraction of sp³-hybridized carbons (Fsp3) is 0.583. The molecule has 1 saturated carbocycles. The second-order valence-corrected chi connectivity index (χ2v) is 4.27. The molecule has 1 fully saturated rings. The molecule has 80 valence electrons. The van der Waals surface area contributed by atoms with E-state index in [-0.39, 0.29) is 5.92 Å². The van der Waals surface area contributed by atoms with Gasteiger partial charge in [0.05, 0.1) is 24.8 Å². The van der Waals surface area contributed by atoms with Crippen molar-refractivity contribution in [3.63, 3.8) is 0 Å². The van der Waals surface area contributed by atoms with Crippen LogP contribution in [0.25, 0.3) is 0 Å². The van der Waals surface area contributed by atoms with E-state index in [1.807, 2.05) is 19.1 Å². The Labute approximate surface area is 90.3 Å². The molecular weight excluding hydrogens is 188 g/mol. The van der Waals surface area contributed by atoms with Crippen molar-refractivity contribution < 1.29 is 4.42 Å². The molecular formula is C12H16N2O. The zero-order chi connectivity index (χ0) is 10.7. The Bertz CT molecular complexity index is 335. The maximum atomic E-state index is 8.81. The standard InChI is InChI=1S/C12H16N2O/c1-10(7-13)8-14(11-4-5-11)9-12-3-2-6-15-12/h2-3,6,10-11H,4-5,8-9H2,1H3. The van der Waals surface area contributed by atoms with Crippen LogP contribution in [0.1, 0.15) is 25.5 Å². The van der Waals surface area contributed by atoms with Gasteiger partial charge in [0.15, 0.2) is 0 Å². The average Bonchev–Trinajstić information content (AvgIpc) is 2.97. The van der Waals surface area contributed by atoms with Crippen molar-refractivity contribution in [2.45, 2.75) is 32.4 Å². The minimum absolute atomic E-state index is 0.0977. The van der Waals surface area contributed by atoms with Crippen LogP contribution in [0.3, 0.4) is 0 Å². The average molecular weight is 204 g/mol. The Morgan fingerprint density at radius 3 is 3.00 bits per heavy atom. The number of rotatable bonds is 5. The largest absolute Gasteiger partial charge is 0.468 e. The first kappa shape index (κ1) is 10.3. The third kappa shape index (κ3) is 2.84. The van der Waals surface area contributed by atoms with Gasteiger partial charge in [-0.25, -0.2) is 0 Å². The fourth-order valence-electron chi connectivity index (χ4n) is 1.78. The van der Waals surface area contributed by atoms with Gasteiger partial charge in [0.2, 0.25) is 0 Å². The summed E-state index contributed by atoms with van der Waals surface area (Å²) in [6, 6.07) is 6.86.